The second kappa shape index (κ2) is 10.3. The number of nitrogens with zero attached hydrogens (tertiary/aromatic N) is 1. The van der Waals surface area contributed by atoms with Crippen LogP contribution in [0.2, 0.25) is 10.0 Å². The first kappa shape index (κ1) is 31.6. The van der Waals surface area contributed by atoms with Gasteiger partial charge in [0.1, 0.15) is 12.1 Å². The molecule has 0 radical (unpaired) electrons. The first-order valence-electron chi connectivity index (χ1n) is 14.8. The molecule has 236 valence electrons. The van der Waals surface area contributed by atoms with Gasteiger partial charge in [-0.2, -0.15) is 0 Å². The van der Waals surface area contributed by atoms with Crippen molar-refractivity contribution in [1.29, 1.82) is 0 Å². The molecule has 1 unspecified atom stereocenters. The number of pyridine rings is 1. The Morgan fingerprint density at radius 2 is 1.91 bits per heavy atom. The van der Waals surface area contributed by atoms with Crippen LogP contribution in [0.3, 0.4) is 0 Å². The molecule has 8 nitrogen and oxygen atoms in total. The second-order valence-electron chi connectivity index (χ2n) is 13.5. The fourth-order valence-electron chi connectivity index (χ4n) is 9.08. The molecule has 3 saturated carbocycles. The van der Waals surface area contributed by atoms with Crippen LogP contribution < -0.4 is 0 Å². The molecule has 1 saturated heterocycles. The van der Waals surface area contributed by atoms with Crippen LogP contribution in [0.4, 0.5) is 4.39 Å². The van der Waals surface area contributed by atoms with Gasteiger partial charge in [-0.15, -0.1) is 0 Å². The first-order chi connectivity index (χ1) is 20.6. The van der Waals surface area contributed by atoms with Gasteiger partial charge in [-0.3, -0.25) is 14.6 Å². The number of ketones is 2. The van der Waals surface area contributed by atoms with Crippen molar-refractivity contribution < 1.29 is 38.8 Å². The van der Waals surface area contributed by atoms with Gasteiger partial charge in [0.15, 0.2) is 34.4 Å². The van der Waals surface area contributed by atoms with Crippen LogP contribution >= 0.6 is 23.2 Å². The van der Waals surface area contributed by atoms with E-state index in [0.29, 0.717) is 35.2 Å². The predicted octanol–water partition coefficient (Wildman–Crippen LogP) is 5.67. The molecule has 1 aliphatic heterocycles. The molecular weight excluding hydrogens is 612 g/mol. The van der Waals surface area contributed by atoms with E-state index < -0.39 is 58.4 Å². The van der Waals surface area contributed by atoms with Gasteiger partial charge in [0, 0.05) is 28.3 Å². The number of phenols is 1. The van der Waals surface area contributed by atoms with E-state index in [1.807, 2.05) is 6.92 Å². The smallest absolute Gasteiger partial charge is 0.193 e. The molecule has 5 aliphatic rings. The predicted molar refractivity (Wildman–Crippen MR) is 162 cm³/mol. The Morgan fingerprint density at radius 1 is 1.18 bits per heavy atom. The number of rotatable bonds is 2. The lowest BCUT2D eigenvalue weighted by Gasteiger charge is -2.62. The van der Waals surface area contributed by atoms with Gasteiger partial charge in [-0.25, -0.2) is 4.39 Å². The summed E-state index contributed by atoms with van der Waals surface area (Å²) in [5.74, 6) is -2.48. The lowest BCUT2D eigenvalue weighted by atomic mass is 9.44. The van der Waals surface area contributed by atoms with Crippen LogP contribution in [-0.2, 0) is 19.1 Å². The number of halogens is 3. The molecule has 3 N–H and O–H groups in total. The number of phenolic OH excluding ortho intramolecular Hbond substituents is 1. The highest BCUT2D eigenvalue weighted by Gasteiger charge is 2.79. The molecule has 0 amide bonds. The van der Waals surface area contributed by atoms with Crippen molar-refractivity contribution in [3.63, 3.8) is 0 Å². The highest BCUT2D eigenvalue weighted by atomic mass is 35.5. The van der Waals surface area contributed by atoms with Crippen molar-refractivity contribution in [2.45, 2.75) is 82.6 Å². The monoisotopic (exact) mass is 647 g/mol. The molecule has 7 rings (SSSR count). The summed E-state index contributed by atoms with van der Waals surface area (Å²) in [6.45, 7) is 6.41. The van der Waals surface area contributed by atoms with Crippen LogP contribution in [0.25, 0.3) is 10.9 Å². The van der Waals surface area contributed by atoms with E-state index >= 15 is 4.39 Å². The summed E-state index contributed by atoms with van der Waals surface area (Å²) < 4.78 is 29.5. The van der Waals surface area contributed by atoms with Gasteiger partial charge in [0.25, 0.3) is 0 Å². The average molecular weight is 649 g/mol. The van der Waals surface area contributed by atoms with Crippen LogP contribution in [0, 0.1) is 22.7 Å². The number of aromatic nitrogens is 1. The summed E-state index contributed by atoms with van der Waals surface area (Å²) in [6, 6.07) is 5.03. The first-order valence-corrected chi connectivity index (χ1v) is 15.6. The molecule has 8 atom stereocenters. The number of benzene rings is 1. The summed E-state index contributed by atoms with van der Waals surface area (Å²) in [6.07, 6.45) is 5.58. The number of Topliss-reactive ketones (excluding diaryl/α,β-unsaturated/α-hetero) is 1. The maximum atomic E-state index is 17.1. The zero-order valence-electron chi connectivity index (χ0n) is 24.9. The number of aliphatic hydroxyl groups is 2. The summed E-state index contributed by atoms with van der Waals surface area (Å²) in [7, 11) is 0. The van der Waals surface area contributed by atoms with Crippen LogP contribution in [0.5, 0.6) is 5.75 Å². The standard InChI is InChI=1S/C24H31FO6.C9H5Cl2NO/c1-20(2)30-19-10-16-15-6-5-13-9-14(27)7-8-21(13,3)23(15,25)17(28)11-22(16,4)24(19,31-20)18(29)12-26;10-6-4-7(11)9(13)8-5(6)2-1-3-12-8/h7-9,15-17,19,26,28H,5-6,10-12H2,1-4H3;1-4,13H/t15-,16-,17-,19-,21-,22-,23?,24+;/m0./s1. The quantitative estimate of drug-likeness (QED) is 0.381. The van der Waals surface area contributed by atoms with Crippen molar-refractivity contribution in [1.82, 2.24) is 4.98 Å². The number of hydrogen-bond donors (Lipinski definition) is 3. The summed E-state index contributed by atoms with van der Waals surface area (Å²) in [5, 5.41) is 32.1. The Kier molecular flexibility index (Phi) is 7.40. The number of carbonyl (C=O) groups excluding carboxylic acids is 2. The van der Waals surface area contributed by atoms with Crippen molar-refractivity contribution >= 4 is 45.7 Å². The topological polar surface area (TPSA) is 126 Å². The van der Waals surface area contributed by atoms with Crippen molar-refractivity contribution in [2.24, 2.45) is 22.7 Å². The minimum atomic E-state index is -1.98. The lowest BCUT2D eigenvalue weighted by Crippen LogP contribution is -2.70. The van der Waals surface area contributed by atoms with E-state index in [0.717, 1.165) is 5.57 Å². The molecule has 4 aliphatic carbocycles. The molecule has 1 aromatic heterocycles. The van der Waals surface area contributed by atoms with Crippen molar-refractivity contribution in [3.8, 4) is 5.75 Å². The van der Waals surface area contributed by atoms with E-state index in [1.54, 1.807) is 45.2 Å². The van der Waals surface area contributed by atoms with E-state index in [9.17, 15) is 24.9 Å². The van der Waals surface area contributed by atoms with Gasteiger partial charge in [0.05, 0.1) is 22.3 Å². The highest BCUT2D eigenvalue weighted by Crippen LogP contribution is 2.72. The van der Waals surface area contributed by atoms with Crippen LogP contribution in [-0.4, -0.2) is 67.7 Å². The number of aliphatic hydroxyl groups excluding tert-OH is 2. The SMILES string of the molecule is CC1(C)O[C@H]2C[C@H]3[C@@H]4CCC5=CC(=O)C=C[C@]5(C)C4(F)[C@@H](O)C[C@]3(C)[C@]2(C(=O)CO)O1.Oc1c(Cl)cc(Cl)c2cccnc12. The number of allylic oxidation sites excluding steroid dienone is 4. The number of carbonyl (C=O) groups is 2. The van der Waals surface area contributed by atoms with E-state index in [2.05, 4.69) is 4.98 Å². The van der Waals surface area contributed by atoms with Crippen molar-refractivity contribution in [3.05, 3.63) is 58.2 Å². The zero-order chi connectivity index (χ0) is 32.0. The van der Waals surface area contributed by atoms with Gasteiger partial charge >= 0.3 is 0 Å². The minimum Gasteiger partial charge on any atom is -0.504 e. The Hall–Kier alpha value is -2.40. The third-order valence-electron chi connectivity index (χ3n) is 11.0. The van der Waals surface area contributed by atoms with Gasteiger partial charge in [-0.1, -0.05) is 41.8 Å². The normalized spacial score (nSPS) is 39.8. The third kappa shape index (κ3) is 4.12. The van der Waals surface area contributed by atoms with Gasteiger partial charge in [-0.05, 0) is 82.7 Å². The Labute approximate surface area is 264 Å². The molecule has 11 heteroatoms. The van der Waals surface area contributed by atoms with Gasteiger partial charge < -0.3 is 24.8 Å². The fraction of sp³-hybridized carbons (Fsp3) is 0.545. The Balaban J connectivity index is 0.000000220. The molecule has 4 fully saturated rings. The number of fused-ring (bicyclic) bond motifs is 8. The zero-order valence-corrected chi connectivity index (χ0v) is 26.5. The Morgan fingerprint density at radius 3 is 2.61 bits per heavy atom. The number of aromatic hydroxyl groups is 1. The molecule has 44 heavy (non-hydrogen) atoms. The molecule has 0 spiro atoms. The largest absolute Gasteiger partial charge is 0.504 e. The summed E-state index contributed by atoms with van der Waals surface area (Å²) in [5.41, 5.74) is -4.23. The van der Waals surface area contributed by atoms with Crippen molar-refractivity contribution in [2.75, 3.05) is 6.61 Å². The highest BCUT2D eigenvalue weighted by molar-refractivity contribution is 6.39. The molecule has 1 aromatic carbocycles. The maximum absolute atomic E-state index is 17.1. The molecule has 2 aromatic rings. The maximum Gasteiger partial charge on any atom is 0.193 e. The van der Waals surface area contributed by atoms with Gasteiger partial charge in [0.2, 0.25) is 0 Å². The summed E-state index contributed by atoms with van der Waals surface area (Å²) >= 11 is 11.6. The fourth-order valence-corrected chi connectivity index (χ4v) is 9.60. The minimum absolute atomic E-state index is 0.0109. The third-order valence-corrected chi connectivity index (χ3v) is 11.6. The van der Waals surface area contributed by atoms with E-state index in [-0.39, 0.29) is 28.9 Å². The lowest BCUT2D eigenvalue weighted by molar-refractivity contribution is -0.246. The second-order valence-corrected chi connectivity index (χ2v) is 14.3. The van der Waals surface area contributed by atoms with E-state index in [1.165, 1.54) is 18.2 Å². The number of hydrogen-bond acceptors (Lipinski definition) is 8. The molecule has 2 heterocycles. The number of ether oxygens (including phenoxy) is 2. The molecular formula is C33H36Cl2FNO7. The summed E-state index contributed by atoms with van der Waals surface area (Å²) in [4.78, 5) is 29.1. The molecule has 0 bridgehead atoms. The van der Waals surface area contributed by atoms with Crippen LogP contribution in [0.1, 0.15) is 53.4 Å². The number of alkyl halides is 1. The average Bonchev–Trinajstić information content (AvgIpc) is 3.38. The van der Waals surface area contributed by atoms with Crippen LogP contribution in [0.15, 0.2) is 48.2 Å². The van der Waals surface area contributed by atoms with E-state index in [4.69, 9.17) is 32.7 Å². The Bertz CT molecular complexity index is 1630.